The summed E-state index contributed by atoms with van der Waals surface area (Å²) in [6.07, 6.45) is 10.4. The Bertz CT molecular complexity index is 884. The Morgan fingerprint density at radius 2 is 2.00 bits per heavy atom. The van der Waals surface area contributed by atoms with Gasteiger partial charge in [0, 0.05) is 24.0 Å². The molecule has 1 aliphatic rings. The fourth-order valence-corrected chi connectivity index (χ4v) is 3.57. The molecule has 0 unspecified atom stereocenters. The summed E-state index contributed by atoms with van der Waals surface area (Å²) in [5, 5.41) is 3.70. The minimum absolute atomic E-state index is 0.475. The molecule has 1 aliphatic carbocycles. The van der Waals surface area contributed by atoms with Crippen LogP contribution in [0.25, 0.3) is 16.9 Å². The monoisotopic (exact) mass is 338 g/mol. The van der Waals surface area contributed by atoms with E-state index >= 15 is 0 Å². The molecule has 0 saturated heterocycles. The van der Waals surface area contributed by atoms with E-state index in [0.717, 1.165) is 22.7 Å². The van der Waals surface area contributed by atoms with Crippen LogP contribution in [0.1, 0.15) is 25.7 Å². The Morgan fingerprint density at radius 1 is 1.16 bits per heavy atom. The predicted molar refractivity (Wildman–Crippen MR) is 97.4 cm³/mol. The van der Waals surface area contributed by atoms with Gasteiger partial charge in [-0.15, -0.1) is 0 Å². The van der Waals surface area contributed by atoms with E-state index in [0.29, 0.717) is 17.5 Å². The van der Waals surface area contributed by atoms with E-state index in [-0.39, 0.29) is 0 Å². The van der Waals surface area contributed by atoms with Crippen LogP contribution in [0.4, 0.5) is 5.82 Å². The van der Waals surface area contributed by atoms with Gasteiger partial charge in [0.2, 0.25) is 0 Å². The zero-order chi connectivity index (χ0) is 17.2. The van der Waals surface area contributed by atoms with Crippen LogP contribution in [0.2, 0.25) is 0 Å². The summed E-state index contributed by atoms with van der Waals surface area (Å²) in [6, 6.07) is 6.33. The van der Waals surface area contributed by atoms with Gasteiger partial charge in [0.15, 0.2) is 17.1 Å². The molecule has 3 aromatic rings. The molecule has 1 saturated carbocycles. The van der Waals surface area contributed by atoms with Gasteiger partial charge in [0.1, 0.15) is 11.5 Å². The summed E-state index contributed by atoms with van der Waals surface area (Å²) >= 11 is 0. The molecule has 0 spiro atoms. The second kappa shape index (κ2) is 6.63. The Balaban J connectivity index is 1.89. The summed E-state index contributed by atoms with van der Waals surface area (Å²) in [6.45, 7) is 0. The molecule has 2 heterocycles. The molecule has 4 rings (SSSR count). The SMILES string of the molecule is COc1cccc(-c2nc3cnccn3c2NC2CCCC2)c1OC. The van der Waals surface area contributed by atoms with Gasteiger partial charge >= 0.3 is 0 Å². The molecule has 0 amide bonds. The normalized spacial score (nSPS) is 14.8. The topological polar surface area (TPSA) is 60.7 Å². The van der Waals surface area contributed by atoms with Crippen molar-refractivity contribution in [1.29, 1.82) is 0 Å². The minimum atomic E-state index is 0.475. The molecule has 25 heavy (non-hydrogen) atoms. The first kappa shape index (κ1) is 15.7. The van der Waals surface area contributed by atoms with E-state index in [2.05, 4.69) is 14.7 Å². The number of hydrogen-bond acceptors (Lipinski definition) is 5. The number of fused-ring (bicyclic) bond motifs is 1. The number of benzene rings is 1. The number of ether oxygens (including phenoxy) is 2. The van der Waals surface area contributed by atoms with E-state index in [4.69, 9.17) is 14.5 Å². The minimum Gasteiger partial charge on any atom is -0.493 e. The average Bonchev–Trinajstić information content (AvgIpc) is 3.29. The summed E-state index contributed by atoms with van der Waals surface area (Å²) in [7, 11) is 3.30. The van der Waals surface area contributed by atoms with Crippen molar-refractivity contribution in [2.45, 2.75) is 31.7 Å². The Hall–Kier alpha value is -2.76. The highest BCUT2D eigenvalue weighted by molar-refractivity contribution is 5.82. The first-order valence-corrected chi connectivity index (χ1v) is 8.61. The van der Waals surface area contributed by atoms with Crippen LogP contribution in [-0.4, -0.2) is 34.6 Å². The molecular weight excluding hydrogens is 316 g/mol. The number of nitrogens with zero attached hydrogens (tertiary/aromatic N) is 3. The third-order valence-electron chi connectivity index (χ3n) is 4.78. The van der Waals surface area contributed by atoms with E-state index in [1.165, 1.54) is 25.7 Å². The van der Waals surface area contributed by atoms with E-state index < -0.39 is 0 Å². The van der Waals surface area contributed by atoms with Crippen molar-refractivity contribution in [3.63, 3.8) is 0 Å². The molecule has 0 radical (unpaired) electrons. The quantitative estimate of drug-likeness (QED) is 0.767. The summed E-state index contributed by atoms with van der Waals surface area (Å²) in [4.78, 5) is 9.01. The second-order valence-electron chi connectivity index (χ2n) is 6.28. The van der Waals surface area contributed by atoms with Crippen LogP contribution in [0, 0.1) is 0 Å². The molecule has 6 nitrogen and oxygen atoms in total. The number of para-hydroxylation sites is 1. The lowest BCUT2D eigenvalue weighted by atomic mass is 10.1. The third-order valence-corrected chi connectivity index (χ3v) is 4.78. The lowest BCUT2D eigenvalue weighted by Gasteiger charge is -2.16. The van der Waals surface area contributed by atoms with Crippen LogP contribution in [0.3, 0.4) is 0 Å². The second-order valence-corrected chi connectivity index (χ2v) is 6.28. The first-order valence-electron chi connectivity index (χ1n) is 8.61. The lowest BCUT2D eigenvalue weighted by Crippen LogP contribution is -2.16. The number of hydrogen-bond donors (Lipinski definition) is 1. The maximum absolute atomic E-state index is 5.63. The maximum Gasteiger partial charge on any atom is 0.170 e. The van der Waals surface area contributed by atoms with Gasteiger partial charge in [0.25, 0.3) is 0 Å². The number of nitrogens with one attached hydrogen (secondary N) is 1. The van der Waals surface area contributed by atoms with Crippen molar-refractivity contribution in [2.75, 3.05) is 19.5 Å². The largest absolute Gasteiger partial charge is 0.493 e. The van der Waals surface area contributed by atoms with Crippen LogP contribution < -0.4 is 14.8 Å². The molecule has 1 aromatic carbocycles. The fraction of sp³-hybridized carbons (Fsp3) is 0.368. The number of imidazole rings is 1. The predicted octanol–water partition coefficient (Wildman–Crippen LogP) is 3.77. The number of aromatic nitrogens is 3. The smallest absolute Gasteiger partial charge is 0.170 e. The fourth-order valence-electron chi connectivity index (χ4n) is 3.57. The van der Waals surface area contributed by atoms with Crippen molar-refractivity contribution >= 4 is 11.5 Å². The van der Waals surface area contributed by atoms with Gasteiger partial charge in [0.05, 0.1) is 20.4 Å². The van der Waals surface area contributed by atoms with Crippen LogP contribution in [0.15, 0.2) is 36.8 Å². The van der Waals surface area contributed by atoms with Crippen molar-refractivity contribution in [3.05, 3.63) is 36.8 Å². The van der Waals surface area contributed by atoms with E-state index in [1.54, 1.807) is 26.6 Å². The molecule has 1 fully saturated rings. The summed E-state index contributed by atoms with van der Waals surface area (Å²) in [5.74, 6) is 2.37. The number of rotatable bonds is 5. The van der Waals surface area contributed by atoms with Crippen molar-refractivity contribution in [2.24, 2.45) is 0 Å². The van der Waals surface area contributed by atoms with Gasteiger partial charge in [-0.1, -0.05) is 18.9 Å². The van der Waals surface area contributed by atoms with E-state index in [9.17, 15) is 0 Å². The van der Waals surface area contributed by atoms with Crippen LogP contribution in [-0.2, 0) is 0 Å². The number of methoxy groups -OCH3 is 2. The Kier molecular flexibility index (Phi) is 4.17. The van der Waals surface area contributed by atoms with E-state index in [1.807, 2.05) is 24.4 Å². The molecule has 6 heteroatoms. The van der Waals surface area contributed by atoms with Gasteiger partial charge in [-0.25, -0.2) is 4.98 Å². The molecular formula is C19H22N4O2. The highest BCUT2D eigenvalue weighted by Gasteiger charge is 2.23. The average molecular weight is 338 g/mol. The molecule has 130 valence electrons. The van der Waals surface area contributed by atoms with Crippen LogP contribution >= 0.6 is 0 Å². The van der Waals surface area contributed by atoms with Crippen molar-refractivity contribution < 1.29 is 9.47 Å². The van der Waals surface area contributed by atoms with Crippen molar-refractivity contribution in [3.8, 4) is 22.8 Å². The maximum atomic E-state index is 5.63. The molecule has 1 N–H and O–H groups in total. The standard InChI is InChI=1S/C19H22N4O2/c1-24-15-9-5-8-14(18(15)25-2)17-19(21-13-6-3-4-7-13)23-11-10-20-12-16(23)22-17/h5,8-13,21H,3-4,6-7H2,1-2H3. The summed E-state index contributed by atoms with van der Waals surface area (Å²) < 4.78 is 13.1. The zero-order valence-electron chi connectivity index (χ0n) is 14.5. The first-order chi connectivity index (χ1) is 12.3. The van der Waals surface area contributed by atoms with Gasteiger partial charge in [-0.05, 0) is 25.0 Å². The van der Waals surface area contributed by atoms with Crippen LogP contribution in [0.5, 0.6) is 11.5 Å². The van der Waals surface area contributed by atoms with Gasteiger partial charge < -0.3 is 14.8 Å². The Labute approximate surface area is 146 Å². The molecule has 0 aliphatic heterocycles. The lowest BCUT2D eigenvalue weighted by molar-refractivity contribution is 0.356. The highest BCUT2D eigenvalue weighted by atomic mass is 16.5. The number of anilines is 1. The molecule has 0 bridgehead atoms. The van der Waals surface area contributed by atoms with Gasteiger partial charge in [-0.3, -0.25) is 9.38 Å². The van der Waals surface area contributed by atoms with Crippen molar-refractivity contribution in [1.82, 2.24) is 14.4 Å². The zero-order valence-corrected chi connectivity index (χ0v) is 14.5. The third kappa shape index (κ3) is 2.77. The van der Waals surface area contributed by atoms with Gasteiger partial charge in [-0.2, -0.15) is 0 Å². The summed E-state index contributed by atoms with van der Waals surface area (Å²) in [5.41, 5.74) is 2.57. The molecule has 2 aromatic heterocycles. The highest BCUT2D eigenvalue weighted by Crippen LogP contribution is 2.41. The molecule has 0 atom stereocenters. The Morgan fingerprint density at radius 3 is 2.76 bits per heavy atom.